The zero-order chi connectivity index (χ0) is 17.1. The molecule has 0 aliphatic rings. The number of rotatable bonds is 5. The first-order valence-electron chi connectivity index (χ1n) is 6.74. The van der Waals surface area contributed by atoms with Gasteiger partial charge in [0.15, 0.2) is 0 Å². The fraction of sp³-hybridized carbons (Fsp3) is 0. The molecule has 0 amide bonds. The maximum absolute atomic E-state index is 11.1. The molecule has 1 N–H and O–H groups in total. The summed E-state index contributed by atoms with van der Waals surface area (Å²) in [6, 6.07) is 11.2. The molecule has 1 heterocycles. The van der Waals surface area contributed by atoms with E-state index >= 15 is 0 Å². The van der Waals surface area contributed by atoms with Crippen LogP contribution in [0.15, 0.2) is 52.9 Å². The van der Waals surface area contributed by atoms with Crippen LogP contribution in [0.3, 0.4) is 0 Å². The van der Waals surface area contributed by atoms with Crippen molar-refractivity contribution in [3.63, 3.8) is 0 Å². The van der Waals surface area contributed by atoms with Crippen LogP contribution in [-0.4, -0.2) is 16.1 Å². The lowest BCUT2D eigenvalue weighted by Crippen LogP contribution is -1.98. The van der Waals surface area contributed by atoms with Gasteiger partial charge in [-0.05, 0) is 12.1 Å². The zero-order valence-electron chi connectivity index (χ0n) is 12.1. The number of anilines is 1. The zero-order valence-corrected chi connectivity index (χ0v) is 12.9. The Kier molecular flexibility index (Phi) is 4.17. The second kappa shape index (κ2) is 6.42. The molecule has 0 unspecified atom stereocenters. The van der Waals surface area contributed by atoms with Gasteiger partial charge in [-0.3, -0.25) is 25.7 Å². The van der Waals surface area contributed by atoms with E-state index in [-0.39, 0.29) is 11.4 Å². The van der Waals surface area contributed by atoms with E-state index in [2.05, 4.69) is 10.5 Å². The minimum Gasteiger partial charge on any atom is -0.272 e. The van der Waals surface area contributed by atoms with E-state index in [0.29, 0.717) is 0 Å². The molecule has 1 aromatic heterocycles. The number of non-ortho nitro benzene ring substituents is 1. The van der Waals surface area contributed by atoms with E-state index in [1.807, 2.05) is 29.6 Å². The highest BCUT2D eigenvalue weighted by molar-refractivity contribution is 7.17. The summed E-state index contributed by atoms with van der Waals surface area (Å²) < 4.78 is 1.11. The number of nitro groups is 2. The third-order valence-corrected chi connectivity index (χ3v) is 4.27. The van der Waals surface area contributed by atoms with Crippen LogP contribution < -0.4 is 5.43 Å². The van der Waals surface area contributed by atoms with Crippen molar-refractivity contribution in [1.29, 1.82) is 0 Å². The highest BCUT2D eigenvalue weighted by Gasteiger charge is 2.19. The monoisotopic (exact) mass is 342 g/mol. The standard InChI is InChI=1S/C15H10N4O4S/c20-18(21)11-5-6-13(14(7-11)19(22)23)17-16-8-10-9-24-15-4-2-1-3-12(10)15/h1-9,17H. The van der Waals surface area contributed by atoms with Gasteiger partial charge in [-0.25, -0.2) is 0 Å². The summed E-state index contributed by atoms with van der Waals surface area (Å²) in [5.74, 6) is 0. The van der Waals surface area contributed by atoms with Crippen LogP contribution >= 0.6 is 11.3 Å². The van der Waals surface area contributed by atoms with Gasteiger partial charge in [-0.15, -0.1) is 11.3 Å². The molecule has 0 spiro atoms. The second-order valence-corrected chi connectivity index (χ2v) is 5.68. The van der Waals surface area contributed by atoms with E-state index in [1.165, 1.54) is 12.1 Å². The lowest BCUT2D eigenvalue weighted by Gasteiger charge is -2.01. The molecular formula is C15H10N4O4S. The Morgan fingerprint density at radius 3 is 2.62 bits per heavy atom. The predicted octanol–water partition coefficient (Wildman–Crippen LogP) is 4.16. The number of fused-ring (bicyclic) bond motifs is 1. The maximum Gasteiger partial charge on any atom is 0.301 e. The average Bonchev–Trinajstić information content (AvgIpc) is 2.98. The molecule has 0 radical (unpaired) electrons. The molecule has 0 bridgehead atoms. The number of hydrazone groups is 1. The minimum atomic E-state index is -0.690. The van der Waals surface area contributed by atoms with Crippen LogP contribution in [0.25, 0.3) is 10.1 Å². The van der Waals surface area contributed by atoms with Gasteiger partial charge in [0.1, 0.15) is 5.69 Å². The SMILES string of the molecule is O=[N+]([O-])c1ccc(NN=Cc2csc3ccccc23)c([N+](=O)[O-])c1. The Labute approximate surface area is 139 Å². The van der Waals surface area contributed by atoms with Gasteiger partial charge in [-0.2, -0.15) is 5.10 Å². The average molecular weight is 342 g/mol. The number of nitro benzene ring substituents is 2. The highest BCUT2D eigenvalue weighted by atomic mass is 32.1. The van der Waals surface area contributed by atoms with Crippen LogP contribution in [0.4, 0.5) is 17.1 Å². The Hall–Kier alpha value is -3.33. The third kappa shape index (κ3) is 3.06. The highest BCUT2D eigenvalue weighted by Crippen LogP contribution is 2.29. The molecule has 2 aromatic carbocycles. The van der Waals surface area contributed by atoms with Crippen LogP contribution in [0.1, 0.15) is 5.56 Å². The maximum atomic E-state index is 11.1. The van der Waals surface area contributed by atoms with Crippen molar-refractivity contribution in [3.05, 3.63) is 73.6 Å². The molecule has 0 saturated heterocycles. The molecule has 3 aromatic rings. The van der Waals surface area contributed by atoms with Gasteiger partial charge >= 0.3 is 5.69 Å². The third-order valence-electron chi connectivity index (χ3n) is 3.29. The molecule has 0 fully saturated rings. The van der Waals surface area contributed by atoms with Crippen molar-refractivity contribution in [2.24, 2.45) is 5.10 Å². The number of hydrogen-bond donors (Lipinski definition) is 1. The van der Waals surface area contributed by atoms with Crippen molar-refractivity contribution in [2.45, 2.75) is 0 Å². The molecule has 0 aliphatic heterocycles. The first-order valence-corrected chi connectivity index (χ1v) is 7.62. The van der Waals surface area contributed by atoms with Crippen LogP contribution in [0.2, 0.25) is 0 Å². The van der Waals surface area contributed by atoms with Gasteiger partial charge in [0, 0.05) is 27.1 Å². The van der Waals surface area contributed by atoms with E-state index < -0.39 is 15.5 Å². The van der Waals surface area contributed by atoms with Gasteiger partial charge in [0.2, 0.25) is 0 Å². The van der Waals surface area contributed by atoms with Gasteiger partial charge < -0.3 is 0 Å². The summed E-state index contributed by atoms with van der Waals surface area (Å²) in [7, 11) is 0. The summed E-state index contributed by atoms with van der Waals surface area (Å²) in [6.07, 6.45) is 1.56. The first kappa shape index (κ1) is 15.6. The molecule has 120 valence electrons. The normalized spacial score (nSPS) is 11.0. The lowest BCUT2D eigenvalue weighted by molar-refractivity contribution is -0.393. The van der Waals surface area contributed by atoms with E-state index in [9.17, 15) is 20.2 Å². The van der Waals surface area contributed by atoms with E-state index in [1.54, 1.807) is 17.6 Å². The van der Waals surface area contributed by atoms with Crippen LogP contribution in [0.5, 0.6) is 0 Å². The molecule has 3 rings (SSSR count). The molecule has 0 saturated carbocycles. The topological polar surface area (TPSA) is 111 Å². The fourth-order valence-corrected chi connectivity index (χ4v) is 3.06. The van der Waals surface area contributed by atoms with Gasteiger partial charge in [0.05, 0.1) is 22.1 Å². The Morgan fingerprint density at radius 1 is 1.08 bits per heavy atom. The van der Waals surface area contributed by atoms with Crippen molar-refractivity contribution in [3.8, 4) is 0 Å². The van der Waals surface area contributed by atoms with E-state index in [4.69, 9.17) is 0 Å². The number of nitrogens with one attached hydrogen (secondary N) is 1. The summed E-state index contributed by atoms with van der Waals surface area (Å²) >= 11 is 1.57. The molecule has 8 nitrogen and oxygen atoms in total. The molecule has 9 heteroatoms. The quantitative estimate of drug-likeness (QED) is 0.425. The first-order chi connectivity index (χ1) is 11.6. The summed E-state index contributed by atoms with van der Waals surface area (Å²) in [5.41, 5.74) is 2.79. The molecular weight excluding hydrogens is 332 g/mol. The van der Waals surface area contributed by atoms with Gasteiger partial charge in [0.25, 0.3) is 5.69 Å². The Bertz CT molecular complexity index is 967. The summed E-state index contributed by atoms with van der Waals surface area (Å²) in [4.78, 5) is 20.4. The molecule has 0 aliphatic carbocycles. The largest absolute Gasteiger partial charge is 0.301 e. The molecule has 0 atom stereocenters. The number of hydrogen-bond acceptors (Lipinski definition) is 7. The molecule has 24 heavy (non-hydrogen) atoms. The number of benzene rings is 2. The Morgan fingerprint density at radius 2 is 1.88 bits per heavy atom. The fourth-order valence-electron chi connectivity index (χ4n) is 2.15. The van der Waals surface area contributed by atoms with E-state index in [0.717, 1.165) is 21.7 Å². The van der Waals surface area contributed by atoms with Crippen molar-refractivity contribution >= 4 is 44.7 Å². The van der Waals surface area contributed by atoms with Crippen LogP contribution in [-0.2, 0) is 0 Å². The van der Waals surface area contributed by atoms with Crippen molar-refractivity contribution in [1.82, 2.24) is 0 Å². The predicted molar refractivity (Wildman–Crippen MR) is 92.8 cm³/mol. The second-order valence-electron chi connectivity index (χ2n) is 4.77. The van der Waals surface area contributed by atoms with Crippen molar-refractivity contribution < 1.29 is 9.85 Å². The Balaban J connectivity index is 1.86. The lowest BCUT2D eigenvalue weighted by atomic mass is 10.2. The van der Waals surface area contributed by atoms with Crippen LogP contribution in [0, 0.1) is 20.2 Å². The van der Waals surface area contributed by atoms with Crippen molar-refractivity contribution in [2.75, 3.05) is 5.43 Å². The smallest absolute Gasteiger partial charge is 0.272 e. The summed E-state index contributed by atoms with van der Waals surface area (Å²) in [5, 5.41) is 28.7. The number of thiophene rings is 1. The number of nitrogens with zero attached hydrogens (tertiary/aromatic N) is 3. The minimum absolute atomic E-state index is 0.0846. The van der Waals surface area contributed by atoms with Gasteiger partial charge in [-0.1, -0.05) is 18.2 Å². The summed E-state index contributed by atoms with van der Waals surface area (Å²) in [6.45, 7) is 0.